The average Bonchev–Trinajstić information content (AvgIpc) is 3.10. The maximum absolute atomic E-state index is 5.61. The van der Waals surface area contributed by atoms with Crippen molar-refractivity contribution in [3.8, 4) is 5.75 Å². The molecule has 0 amide bonds. The number of hydrogen-bond donors (Lipinski definition) is 1. The van der Waals surface area contributed by atoms with Crippen molar-refractivity contribution < 1.29 is 4.74 Å². The Balaban J connectivity index is 1.37. The second-order valence-electron chi connectivity index (χ2n) is 6.57. The molecule has 0 radical (unpaired) electrons. The normalized spacial score (nSPS) is 14.0. The molecular formula is C20H24N6O. The molecule has 1 aliphatic rings. The Hall–Kier alpha value is -2.93. The zero-order valence-electron chi connectivity index (χ0n) is 15.5. The lowest BCUT2D eigenvalue weighted by Gasteiger charge is -2.27. The summed E-state index contributed by atoms with van der Waals surface area (Å²) < 4.78 is 7.72. The van der Waals surface area contributed by atoms with Crippen LogP contribution >= 0.6 is 0 Å². The second kappa shape index (κ2) is 8.18. The first-order valence-electron chi connectivity index (χ1n) is 9.31. The van der Waals surface area contributed by atoms with Gasteiger partial charge >= 0.3 is 0 Å². The fourth-order valence-electron chi connectivity index (χ4n) is 3.32. The third-order valence-corrected chi connectivity index (χ3v) is 4.54. The van der Waals surface area contributed by atoms with Crippen LogP contribution in [0.1, 0.15) is 23.9 Å². The van der Waals surface area contributed by atoms with E-state index in [0.717, 1.165) is 37.6 Å². The first kappa shape index (κ1) is 17.5. The quantitative estimate of drug-likeness (QED) is 0.695. The highest BCUT2D eigenvalue weighted by Gasteiger charge is 2.18. The minimum Gasteiger partial charge on any atom is -0.494 e. The lowest BCUT2D eigenvalue weighted by Crippen LogP contribution is -2.33. The zero-order chi connectivity index (χ0) is 18.5. The fraction of sp³-hybridized carbons (Fsp3) is 0.350. The first-order valence-corrected chi connectivity index (χ1v) is 9.31. The van der Waals surface area contributed by atoms with Crippen molar-refractivity contribution in [2.24, 2.45) is 0 Å². The van der Waals surface area contributed by atoms with Crippen molar-refractivity contribution in [3.05, 3.63) is 65.7 Å². The monoisotopic (exact) mass is 364 g/mol. The van der Waals surface area contributed by atoms with E-state index in [1.54, 1.807) is 18.5 Å². The summed E-state index contributed by atoms with van der Waals surface area (Å²) in [5.41, 5.74) is 3.53. The molecule has 140 valence electrons. The molecule has 0 saturated heterocycles. The molecule has 3 heterocycles. The molecule has 7 heteroatoms. The van der Waals surface area contributed by atoms with E-state index < -0.39 is 0 Å². The van der Waals surface area contributed by atoms with E-state index in [-0.39, 0.29) is 0 Å². The zero-order valence-corrected chi connectivity index (χ0v) is 15.5. The van der Waals surface area contributed by atoms with Gasteiger partial charge in [-0.05, 0) is 36.8 Å². The van der Waals surface area contributed by atoms with Gasteiger partial charge in [0.25, 0.3) is 0 Å². The van der Waals surface area contributed by atoms with Crippen molar-refractivity contribution in [1.29, 1.82) is 0 Å². The molecule has 1 aliphatic heterocycles. The number of aromatic nitrogens is 4. The van der Waals surface area contributed by atoms with Gasteiger partial charge < -0.3 is 10.1 Å². The van der Waals surface area contributed by atoms with Crippen LogP contribution in [0.4, 0.5) is 5.95 Å². The van der Waals surface area contributed by atoms with Gasteiger partial charge in [-0.1, -0.05) is 12.1 Å². The van der Waals surface area contributed by atoms with E-state index >= 15 is 0 Å². The maximum atomic E-state index is 5.61. The van der Waals surface area contributed by atoms with Gasteiger partial charge in [0.1, 0.15) is 5.75 Å². The Bertz CT molecular complexity index is 879. The summed E-state index contributed by atoms with van der Waals surface area (Å²) in [6, 6.07) is 12.3. The van der Waals surface area contributed by atoms with Gasteiger partial charge in [0.05, 0.1) is 31.1 Å². The van der Waals surface area contributed by atoms with E-state index in [9.17, 15) is 0 Å². The Kier molecular flexibility index (Phi) is 5.29. The predicted molar refractivity (Wildman–Crippen MR) is 103 cm³/mol. The molecule has 0 unspecified atom stereocenters. The summed E-state index contributed by atoms with van der Waals surface area (Å²) in [4.78, 5) is 10.8. The van der Waals surface area contributed by atoms with Gasteiger partial charge in [0, 0.05) is 32.0 Å². The van der Waals surface area contributed by atoms with Crippen molar-refractivity contribution >= 4 is 5.95 Å². The van der Waals surface area contributed by atoms with Gasteiger partial charge in [0.2, 0.25) is 5.95 Å². The molecule has 2 aromatic heterocycles. The van der Waals surface area contributed by atoms with Crippen LogP contribution < -0.4 is 10.1 Å². The van der Waals surface area contributed by atoms with Crippen LogP contribution in [-0.4, -0.2) is 37.8 Å². The van der Waals surface area contributed by atoms with Crippen molar-refractivity contribution in [2.75, 3.05) is 18.5 Å². The number of hydrogen-bond acceptors (Lipinski definition) is 6. The highest BCUT2D eigenvalue weighted by Crippen LogP contribution is 2.19. The molecule has 0 spiro atoms. The van der Waals surface area contributed by atoms with E-state index in [4.69, 9.17) is 9.84 Å². The van der Waals surface area contributed by atoms with Gasteiger partial charge in [0.15, 0.2) is 0 Å². The molecule has 7 nitrogen and oxygen atoms in total. The Morgan fingerprint density at radius 1 is 1.11 bits per heavy atom. The summed E-state index contributed by atoms with van der Waals surface area (Å²) in [5.74, 6) is 1.56. The number of ether oxygens (including phenoxy) is 1. The summed E-state index contributed by atoms with van der Waals surface area (Å²) >= 11 is 0. The molecule has 0 atom stereocenters. The predicted octanol–water partition coefficient (Wildman–Crippen LogP) is 2.70. The molecule has 1 aromatic carbocycles. The molecular weight excluding hydrogens is 340 g/mol. The third-order valence-electron chi connectivity index (χ3n) is 4.54. The third kappa shape index (κ3) is 4.43. The van der Waals surface area contributed by atoms with Gasteiger partial charge in [-0.3, -0.25) is 9.58 Å². The van der Waals surface area contributed by atoms with Crippen molar-refractivity contribution in [3.63, 3.8) is 0 Å². The number of nitrogens with one attached hydrogen (secondary N) is 1. The number of rotatable bonds is 7. The van der Waals surface area contributed by atoms with E-state index in [1.807, 2.05) is 13.0 Å². The van der Waals surface area contributed by atoms with Crippen LogP contribution in [0.15, 0.2) is 48.8 Å². The molecule has 27 heavy (non-hydrogen) atoms. The van der Waals surface area contributed by atoms with Crippen LogP contribution in [0.25, 0.3) is 0 Å². The minimum absolute atomic E-state index is 0.624. The van der Waals surface area contributed by atoms with Gasteiger partial charge in [-0.25, -0.2) is 9.97 Å². The first-order chi connectivity index (χ1) is 13.3. The van der Waals surface area contributed by atoms with Gasteiger partial charge in [-0.15, -0.1) is 0 Å². The molecule has 1 N–H and O–H groups in total. The van der Waals surface area contributed by atoms with Crippen LogP contribution in [0, 0.1) is 0 Å². The summed E-state index contributed by atoms with van der Waals surface area (Å²) in [5, 5.41) is 7.91. The Morgan fingerprint density at radius 2 is 2.00 bits per heavy atom. The lowest BCUT2D eigenvalue weighted by atomic mass is 10.2. The minimum atomic E-state index is 0.624. The van der Waals surface area contributed by atoms with E-state index in [2.05, 4.69) is 49.1 Å². The van der Waals surface area contributed by atoms with Crippen LogP contribution in [0.5, 0.6) is 5.75 Å². The Morgan fingerprint density at radius 3 is 2.85 bits per heavy atom. The Labute approximate surface area is 159 Å². The number of nitrogens with zero attached hydrogens (tertiary/aromatic N) is 5. The highest BCUT2D eigenvalue weighted by atomic mass is 16.5. The van der Waals surface area contributed by atoms with E-state index in [0.29, 0.717) is 19.1 Å². The SMILES string of the molecule is CCOc1cccc(CN2CCn3nc(CNc4ncccn4)cc3C2)c1. The largest absolute Gasteiger partial charge is 0.494 e. The van der Waals surface area contributed by atoms with Gasteiger partial charge in [-0.2, -0.15) is 5.10 Å². The van der Waals surface area contributed by atoms with Crippen LogP contribution in [-0.2, 0) is 26.2 Å². The van der Waals surface area contributed by atoms with Crippen LogP contribution in [0.3, 0.4) is 0 Å². The van der Waals surface area contributed by atoms with Crippen LogP contribution in [0.2, 0.25) is 0 Å². The summed E-state index contributed by atoms with van der Waals surface area (Å²) in [6.45, 7) is 7.03. The smallest absolute Gasteiger partial charge is 0.222 e. The lowest BCUT2D eigenvalue weighted by molar-refractivity contribution is 0.205. The summed E-state index contributed by atoms with van der Waals surface area (Å²) in [7, 11) is 0. The second-order valence-corrected chi connectivity index (χ2v) is 6.57. The molecule has 0 fully saturated rings. The number of anilines is 1. The highest BCUT2D eigenvalue weighted by molar-refractivity contribution is 5.29. The molecule has 0 aliphatic carbocycles. The molecule has 0 bridgehead atoms. The standard InChI is InChI=1S/C20H24N6O/c1-2-27-19-6-3-5-16(11-19)14-25-9-10-26-18(15-25)12-17(24-26)13-23-20-21-7-4-8-22-20/h3-8,11-12H,2,9-10,13-15H2,1H3,(H,21,22,23). The summed E-state index contributed by atoms with van der Waals surface area (Å²) in [6.07, 6.45) is 3.46. The van der Waals surface area contributed by atoms with Crippen molar-refractivity contribution in [2.45, 2.75) is 33.1 Å². The van der Waals surface area contributed by atoms with Crippen molar-refractivity contribution in [1.82, 2.24) is 24.6 Å². The topological polar surface area (TPSA) is 68.1 Å². The molecule has 4 rings (SSSR count). The van der Waals surface area contributed by atoms with E-state index in [1.165, 1.54) is 11.3 Å². The average molecular weight is 364 g/mol. The number of benzene rings is 1. The molecule has 0 saturated carbocycles. The maximum Gasteiger partial charge on any atom is 0.222 e. The molecule has 3 aromatic rings. The fourth-order valence-corrected chi connectivity index (χ4v) is 3.32. The number of fused-ring (bicyclic) bond motifs is 1.